The third-order valence-electron chi connectivity index (χ3n) is 9.72. The molecular formula is C39H78BrClF8MgN4O8. The Morgan fingerprint density at radius 1 is 0.677 bits per heavy atom. The zero-order chi connectivity index (χ0) is 43.2. The van der Waals surface area contributed by atoms with Crippen LogP contribution in [0.25, 0.3) is 0 Å². The van der Waals surface area contributed by atoms with Crippen molar-refractivity contribution in [1.82, 2.24) is 16.7 Å². The van der Waals surface area contributed by atoms with Crippen LogP contribution in [0.15, 0.2) is 0 Å². The largest absolute Gasteiger partial charge is 2.00 e. The Hall–Kier alpha value is -1.14. The molecule has 1 unspecified atom stereocenters. The molecule has 0 saturated heterocycles. The normalized spacial score (nSPS) is 19.7. The number of aliphatic carboxylic acids is 2. The van der Waals surface area contributed by atoms with Crippen molar-refractivity contribution in [2.45, 2.75) is 168 Å². The average molecular weight is 1020 g/mol. The molecule has 0 aromatic heterocycles. The molecule has 0 spiro atoms. The minimum atomic E-state index is -2.62. The second-order valence-electron chi connectivity index (χ2n) is 14.3. The number of Topliss-reactive ketones (excluding diaryl/α,β-unsaturated/α-hetero) is 1. The molecule has 0 aromatic rings. The second kappa shape index (κ2) is 40.2. The number of hydrogen-bond acceptors (Lipinski definition) is 9. The van der Waals surface area contributed by atoms with Crippen molar-refractivity contribution in [3.63, 3.8) is 0 Å². The zero-order valence-electron chi connectivity index (χ0n) is 36.3. The summed E-state index contributed by atoms with van der Waals surface area (Å²) in [7, 11) is 6.16. The fourth-order valence-corrected chi connectivity index (χ4v) is 5.96. The summed E-state index contributed by atoms with van der Waals surface area (Å²) in [6, 6.07) is 0.0751. The van der Waals surface area contributed by atoms with Gasteiger partial charge in [0.15, 0.2) is 0 Å². The Morgan fingerprint density at radius 3 is 1.13 bits per heavy atom. The molecule has 0 heterocycles. The van der Waals surface area contributed by atoms with Gasteiger partial charge in [-0.05, 0) is 71.1 Å². The number of nitrogens with two attached hydrogens (primary N) is 1. The molecule has 4 aliphatic carbocycles. The van der Waals surface area contributed by atoms with E-state index in [1.807, 2.05) is 6.92 Å². The van der Waals surface area contributed by atoms with Gasteiger partial charge in [-0.25, -0.2) is 45.7 Å². The second-order valence-corrected chi connectivity index (χ2v) is 14.3. The summed E-state index contributed by atoms with van der Waals surface area (Å²) in [5.41, 5.74) is 8.04. The molecule has 4 aliphatic rings. The predicted molar refractivity (Wildman–Crippen MR) is 227 cm³/mol. The van der Waals surface area contributed by atoms with E-state index in [-0.39, 0.29) is 187 Å². The molecule has 0 bridgehead atoms. The molecule has 0 aromatic carbocycles. The Labute approximate surface area is 398 Å². The summed E-state index contributed by atoms with van der Waals surface area (Å²) < 4.78 is 101. The van der Waals surface area contributed by atoms with Crippen LogP contribution in [-0.4, -0.2) is 120 Å². The standard InChI is InChI=1S/C9H15F2NO2.C8H15F2N.C8H12F2O.C7H10F2O2.C2H7NO.C2H4O2.2CH4.CH3.BrH.ClH.Mg.H3N/c1-12(14-2)8(13)7-3-5-9(10,11)6-4-7;2*1-6(11)7-2-4-8(9,10)5-3-7;8-7(9)3-1-5(2-4-7)6(10)11;1-3-4-2;1-2(3)4;;;;;;;/h7H,3-6H2,1-2H3;6-7H,2-5,11H2,1H3;7H,2-5H2,1H3;5H,1-4H2,(H,10,11);3H,1-2H3;1H3,(H,3,4);2*1H4;1H3;2*1H;;1H3/q;;;;;;;;-1;;;+2;/p-1. The molecule has 12 nitrogen and oxygen atoms in total. The van der Waals surface area contributed by atoms with Crippen molar-refractivity contribution in [3.8, 4) is 0 Å². The minimum Gasteiger partial charge on any atom is -1.00 e. The Balaban J connectivity index is -0.0000000789. The zero-order valence-corrected chi connectivity index (χ0v) is 40.1. The fraction of sp³-hybridized carbons (Fsp3) is 0.872. The van der Waals surface area contributed by atoms with Gasteiger partial charge in [0.2, 0.25) is 29.6 Å². The van der Waals surface area contributed by atoms with Crippen molar-refractivity contribution in [2.24, 2.45) is 29.4 Å². The molecule has 1 amide bonds. The van der Waals surface area contributed by atoms with Gasteiger partial charge in [-0.2, -0.15) is 0 Å². The number of halogens is 10. The van der Waals surface area contributed by atoms with E-state index in [9.17, 15) is 49.5 Å². The third kappa shape index (κ3) is 40.4. The molecule has 4 saturated carbocycles. The van der Waals surface area contributed by atoms with E-state index < -0.39 is 41.5 Å². The summed E-state index contributed by atoms with van der Waals surface area (Å²) in [6.07, 6.45) is 1.52. The van der Waals surface area contributed by atoms with Crippen molar-refractivity contribution in [1.29, 1.82) is 0 Å². The van der Waals surface area contributed by atoms with Gasteiger partial charge >= 0.3 is 29.0 Å². The van der Waals surface area contributed by atoms with Crippen molar-refractivity contribution in [2.75, 3.05) is 28.3 Å². The van der Waals surface area contributed by atoms with Crippen LogP contribution in [0, 0.1) is 31.1 Å². The van der Waals surface area contributed by atoms with Crippen LogP contribution in [0.1, 0.15) is 138 Å². The van der Waals surface area contributed by atoms with E-state index in [0.29, 0.717) is 31.6 Å². The molecule has 0 aliphatic heterocycles. The van der Waals surface area contributed by atoms with E-state index in [2.05, 4.69) is 10.3 Å². The molecule has 1 atom stereocenters. The first kappa shape index (κ1) is 81.1. The van der Waals surface area contributed by atoms with E-state index in [4.69, 9.17) is 25.6 Å². The van der Waals surface area contributed by atoms with Gasteiger partial charge in [0, 0.05) is 90.3 Å². The first-order valence-corrected chi connectivity index (χ1v) is 18.4. The average Bonchev–Trinajstić information content (AvgIpc) is 3.08. The number of carbonyl (C=O) groups is 4. The Bertz CT molecular complexity index is 1080. The van der Waals surface area contributed by atoms with Gasteiger partial charge in [0.1, 0.15) is 5.78 Å². The number of carboxylic acid groups (broad SMARTS) is 2. The first-order valence-electron chi connectivity index (χ1n) is 18.4. The number of rotatable bonds is 6. The first-order chi connectivity index (χ1) is 25.1. The maximum atomic E-state index is 12.8. The van der Waals surface area contributed by atoms with Gasteiger partial charge in [0.25, 0.3) is 5.97 Å². The number of ketones is 1. The molecule has 4 fully saturated rings. The summed E-state index contributed by atoms with van der Waals surface area (Å²) in [5.74, 6) is -12.7. The topological polar surface area (TPSA) is 203 Å². The minimum absolute atomic E-state index is 0. The molecule has 374 valence electrons. The number of amides is 1. The fourth-order valence-electron chi connectivity index (χ4n) is 5.96. The number of carbonyl (C=O) groups excluding carboxylic acids is 2. The number of alkyl halides is 8. The summed E-state index contributed by atoms with van der Waals surface area (Å²) in [6.45, 7) is 4.46. The van der Waals surface area contributed by atoms with E-state index in [1.165, 1.54) is 21.1 Å². The number of carboxylic acids is 2. The van der Waals surface area contributed by atoms with Crippen LogP contribution < -0.4 is 34.3 Å². The monoisotopic (exact) mass is 1020 g/mol. The number of nitrogens with one attached hydrogen (secondary N) is 1. The van der Waals surface area contributed by atoms with Crippen molar-refractivity contribution in [3.05, 3.63) is 7.43 Å². The molecule has 4 rings (SSSR count). The van der Waals surface area contributed by atoms with Crippen LogP contribution in [0.5, 0.6) is 0 Å². The van der Waals surface area contributed by atoms with Gasteiger partial charge in [-0.1, -0.05) is 14.9 Å². The summed E-state index contributed by atoms with van der Waals surface area (Å²) >= 11 is 0. The molecule has 8 N–H and O–H groups in total. The summed E-state index contributed by atoms with van der Waals surface area (Å²) in [4.78, 5) is 50.6. The van der Waals surface area contributed by atoms with Gasteiger partial charge in [-0.15, -0.1) is 12.4 Å². The number of hydroxylamine groups is 3. The van der Waals surface area contributed by atoms with E-state index in [1.54, 1.807) is 14.2 Å². The smallest absolute Gasteiger partial charge is 1.00 e. The SMILES string of the molecule is C.C.CC(=O)C1CCC(F)(F)CC1.CC(=O)O.CC(N)C1CCC(F)(F)CC1.CNOC.CON(C)C(=O)C1CCC(F)(F)CC1.Cl.N.O=C(O)C1CCC(F)(F)CC1.[Br-].[CH3-].[Mg+2]. The third-order valence-corrected chi connectivity index (χ3v) is 9.72. The van der Waals surface area contributed by atoms with Gasteiger partial charge in [-0.3, -0.25) is 24.0 Å². The maximum absolute atomic E-state index is 12.8. The number of hydrogen-bond donors (Lipinski definition) is 5. The predicted octanol–water partition coefficient (Wildman–Crippen LogP) is 7.08. The Morgan fingerprint density at radius 2 is 0.919 bits per heavy atom. The van der Waals surface area contributed by atoms with Crippen LogP contribution in [0.4, 0.5) is 35.1 Å². The molecular weight excluding hydrogens is 944 g/mol. The van der Waals surface area contributed by atoms with Gasteiger partial charge < -0.3 is 51.3 Å². The molecule has 0 radical (unpaired) electrons. The van der Waals surface area contributed by atoms with Crippen LogP contribution in [0.2, 0.25) is 0 Å². The quantitative estimate of drug-likeness (QED) is 0.0788. The Kier molecular flexibility index (Phi) is 52.5. The van der Waals surface area contributed by atoms with Crippen LogP contribution in [0.3, 0.4) is 0 Å². The van der Waals surface area contributed by atoms with Crippen LogP contribution >= 0.6 is 12.4 Å². The van der Waals surface area contributed by atoms with Crippen molar-refractivity contribution < 1.29 is 91.2 Å². The summed E-state index contributed by atoms with van der Waals surface area (Å²) in [5, 5.41) is 17.0. The maximum Gasteiger partial charge on any atom is 2.00 e. The van der Waals surface area contributed by atoms with E-state index >= 15 is 0 Å². The van der Waals surface area contributed by atoms with E-state index in [0.717, 1.165) is 12.0 Å². The molecule has 62 heavy (non-hydrogen) atoms. The number of nitrogens with zero attached hydrogens (tertiary/aromatic N) is 1. The van der Waals surface area contributed by atoms with Crippen LogP contribution in [-0.2, 0) is 28.9 Å². The molecule has 23 heteroatoms. The van der Waals surface area contributed by atoms with Gasteiger partial charge in [0.05, 0.1) is 20.1 Å². The van der Waals surface area contributed by atoms with Crippen molar-refractivity contribution >= 4 is 59.1 Å².